The average molecular weight is 499 g/mol. The molecule has 1 aromatic heterocycles. The van der Waals surface area contributed by atoms with Crippen LogP contribution in [-0.2, 0) is 22.4 Å². The fraction of sp³-hybridized carbons (Fsp3) is 0.429. The molecule has 9 heteroatoms. The number of hydrogen-bond acceptors (Lipinski definition) is 5. The van der Waals surface area contributed by atoms with Crippen molar-refractivity contribution in [2.24, 2.45) is 0 Å². The first-order chi connectivity index (χ1) is 14.5. The molecule has 1 heterocycles. The van der Waals surface area contributed by atoms with Crippen LogP contribution in [-0.4, -0.2) is 38.7 Å². The summed E-state index contributed by atoms with van der Waals surface area (Å²) in [6, 6.07) is 4.36. The van der Waals surface area contributed by atoms with E-state index in [-0.39, 0.29) is 18.3 Å². The van der Waals surface area contributed by atoms with Gasteiger partial charge >= 0.3 is 0 Å². The van der Waals surface area contributed by atoms with Gasteiger partial charge in [-0.05, 0) is 55.9 Å². The van der Waals surface area contributed by atoms with Crippen molar-refractivity contribution in [2.45, 2.75) is 32.1 Å². The number of benzene rings is 1. The number of anilines is 1. The number of carbonyl (C=O) groups excluding carboxylic acids is 2. The summed E-state index contributed by atoms with van der Waals surface area (Å²) in [5, 5.41) is 6.22. The second-order valence-corrected chi connectivity index (χ2v) is 8.95. The minimum atomic E-state index is -0.556. The number of nitrogens with one attached hydrogen (secondary N) is 2. The van der Waals surface area contributed by atoms with Crippen LogP contribution in [0.3, 0.4) is 0 Å². The van der Waals surface area contributed by atoms with E-state index in [0.29, 0.717) is 34.6 Å². The third-order valence-corrected chi connectivity index (χ3v) is 6.42. The summed E-state index contributed by atoms with van der Waals surface area (Å²) in [6.45, 7) is 0.711. The zero-order chi connectivity index (χ0) is 21.5. The van der Waals surface area contributed by atoms with Crippen molar-refractivity contribution in [3.8, 4) is 5.75 Å². The first-order valence-electron chi connectivity index (χ1n) is 9.79. The molecule has 2 amide bonds. The molecule has 2 aromatic rings. The summed E-state index contributed by atoms with van der Waals surface area (Å²) in [5.74, 6) is -1.19. The third kappa shape index (κ3) is 5.80. The van der Waals surface area contributed by atoms with Gasteiger partial charge in [-0.25, -0.2) is 4.39 Å². The molecule has 0 unspecified atom stereocenters. The summed E-state index contributed by atoms with van der Waals surface area (Å²) in [5.41, 5.74) is 1.56. The molecule has 1 aliphatic carbocycles. The molecule has 0 bridgehead atoms. The fourth-order valence-electron chi connectivity index (χ4n) is 3.30. The number of carbonyl (C=O) groups is 2. The number of rotatable bonds is 9. The molecular formula is C21H24BrFN2O4S. The maximum atomic E-state index is 13.9. The monoisotopic (exact) mass is 498 g/mol. The van der Waals surface area contributed by atoms with E-state index in [9.17, 15) is 14.0 Å². The third-order valence-electron chi connectivity index (χ3n) is 4.71. The number of ether oxygens (including phenoxy) is 2. The number of thiophene rings is 1. The van der Waals surface area contributed by atoms with Crippen molar-refractivity contribution < 1.29 is 23.5 Å². The predicted octanol–water partition coefficient (Wildman–Crippen LogP) is 4.31. The molecule has 30 heavy (non-hydrogen) atoms. The minimum Gasteiger partial charge on any atom is -0.481 e. The zero-order valence-electron chi connectivity index (χ0n) is 16.7. The Labute approximate surface area is 187 Å². The molecule has 0 saturated carbocycles. The molecule has 162 valence electrons. The standard InChI is InChI=1S/C21H24BrFN2O4S/c1-28-10-4-9-24-20(27)19-14-5-2-3-6-17(14)30-21(19)25-18(26)12-29-16-8-7-13(22)11-15(16)23/h7-8,11H,2-6,9-10,12H2,1H3,(H,24,27)(H,25,26). The van der Waals surface area contributed by atoms with Crippen molar-refractivity contribution in [2.75, 3.05) is 32.2 Å². The normalized spacial score (nSPS) is 12.9. The molecule has 0 radical (unpaired) electrons. The van der Waals surface area contributed by atoms with Crippen LogP contribution in [0.1, 0.15) is 40.1 Å². The molecule has 0 spiro atoms. The van der Waals surface area contributed by atoms with Crippen molar-refractivity contribution in [3.63, 3.8) is 0 Å². The summed E-state index contributed by atoms with van der Waals surface area (Å²) in [7, 11) is 1.62. The second-order valence-electron chi connectivity index (χ2n) is 6.93. The van der Waals surface area contributed by atoms with E-state index in [1.54, 1.807) is 13.2 Å². The van der Waals surface area contributed by atoms with E-state index in [0.717, 1.165) is 36.1 Å². The molecule has 1 aromatic carbocycles. The second kappa shape index (κ2) is 10.9. The van der Waals surface area contributed by atoms with Crippen LogP contribution in [0.4, 0.5) is 9.39 Å². The van der Waals surface area contributed by atoms with Gasteiger partial charge in [0.2, 0.25) is 0 Å². The van der Waals surface area contributed by atoms with Crippen molar-refractivity contribution in [1.82, 2.24) is 5.32 Å². The fourth-order valence-corrected chi connectivity index (χ4v) is 4.94. The quantitative estimate of drug-likeness (QED) is 0.505. The summed E-state index contributed by atoms with van der Waals surface area (Å²) in [4.78, 5) is 26.4. The van der Waals surface area contributed by atoms with Gasteiger partial charge in [0.1, 0.15) is 5.00 Å². The Morgan fingerprint density at radius 1 is 1.27 bits per heavy atom. The molecule has 1 aliphatic rings. The molecular weight excluding hydrogens is 475 g/mol. The molecule has 3 rings (SSSR count). The topological polar surface area (TPSA) is 76.7 Å². The van der Waals surface area contributed by atoms with Crippen LogP contribution in [0.15, 0.2) is 22.7 Å². The highest BCUT2D eigenvalue weighted by Gasteiger charge is 2.26. The lowest BCUT2D eigenvalue weighted by Crippen LogP contribution is -2.28. The molecule has 0 fully saturated rings. The van der Waals surface area contributed by atoms with Gasteiger partial charge in [0.05, 0.1) is 5.56 Å². The first kappa shape index (κ1) is 22.7. The van der Waals surface area contributed by atoms with E-state index in [2.05, 4.69) is 26.6 Å². The van der Waals surface area contributed by atoms with Crippen molar-refractivity contribution >= 4 is 44.1 Å². The number of aryl methyl sites for hydroxylation is 1. The molecule has 0 saturated heterocycles. The van der Waals surface area contributed by atoms with Crippen LogP contribution in [0.5, 0.6) is 5.75 Å². The van der Waals surface area contributed by atoms with Gasteiger partial charge < -0.3 is 20.1 Å². The Morgan fingerprint density at radius 3 is 2.83 bits per heavy atom. The van der Waals surface area contributed by atoms with E-state index in [1.807, 2.05) is 0 Å². The maximum absolute atomic E-state index is 13.9. The highest BCUT2D eigenvalue weighted by molar-refractivity contribution is 9.10. The minimum absolute atomic E-state index is 0.00469. The van der Waals surface area contributed by atoms with Crippen molar-refractivity contribution in [1.29, 1.82) is 0 Å². The van der Waals surface area contributed by atoms with E-state index >= 15 is 0 Å². The average Bonchev–Trinajstić information content (AvgIpc) is 3.08. The Balaban J connectivity index is 1.68. The number of amides is 2. The van der Waals surface area contributed by atoms with Gasteiger partial charge in [0.15, 0.2) is 18.2 Å². The predicted molar refractivity (Wildman–Crippen MR) is 118 cm³/mol. The van der Waals surface area contributed by atoms with Gasteiger partial charge in [-0.3, -0.25) is 9.59 Å². The van der Waals surface area contributed by atoms with Gasteiger partial charge in [0.25, 0.3) is 11.8 Å². The van der Waals surface area contributed by atoms with Gasteiger partial charge in [-0.2, -0.15) is 0 Å². The summed E-state index contributed by atoms with van der Waals surface area (Å²) >= 11 is 4.61. The molecule has 6 nitrogen and oxygen atoms in total. The Bertz CT molecular complexity index is 919. The van der Waals surface area contributed by atoms with Crippen LogP contribution in [0.2, 0.25) is 0 Å². The first-order valence-corrected chi connectivity index (χ1v) is 11.4. The number of halogens is 2. The van der Waals surface area contributed by atoms with Crippen LogP contribution in [0, 0.1) is 5.82 Å². The Hall–Kier alpha value is -1.97. The van der Waals surface area contributed by atoms with E-state index in [1.165, 1.54) is 23.5 Å². The lowest BCUT2D eigenvalue weighted by Gasteiger charge is -2.13. The largest absolute Gasteiger partial charge is 0.481 e. The maximum Gasteiger partial charge on any atom is 0.262 e. The van der Waals surface area contributed by atoms with Gasteiger partial charge in [-0.1, -0.05) is 15.9 Å². The SMILES string of the molecule is COCCCNC(=O)c1c(NC(=O)COc2ccc(Br)cc2F)sc2c1CCCC2. The van der Waals surface area contributed by atoms with Gasteiger partial charge in [-0.15, -0.1) is 11.3 Å². The smallest absolute Gasteiger partial charge is 0.262 e. The highest BCUT2D eigenvalue weighted by atomic mass is 79.9. The van der Waals surface area contributed by atoms with E-state index in [4.69, 9.17) is 9.47 Å². The van der Waals surface area contributed by atoms with Crippen LogP contribution >= 0.6 is 27.3 Å². The number of hydrogen-bond donors (Lipinski definition) is 2. The Kier molecular flexibility index (Phi) is 8.24. The molecule has 0 atom stereocenters. The zero-order valence-corrected chi connectivity index (χ0v) is 19.1. The van der Waals surface area contributed by atoms with Crippen molar-refractivity contribution in [3.05, 3.63) is 44.5 Å². The molecule has 2 N–H and O–H groups in total. The van der Waals surface area contributed by atoms with Crippen LogP contribution < -0.4 is 15.4 Å². The Morgan fingerprint density at radius 2 is 2.07 bits per heavy atom. The van der Waals surface area contributed by atoms with E-state index < -0.39 is 11.7 Å². The van der Waals surface area contributed by atoms with Crippen LogP contribution in [0.25, 0.3) is 0 Å². The van der Waals surface area contributed by atoms with Gasteiger partial charge in [0, 0.05) is 29.6 Å². The number of methoxy groups -OCH3 is 1. The summed E-state index contributed by atoms with van der Waals surface area (Å²) in [6.07, 6.45) is 4.53. The summed E-state index contributed by atoms with van der Waals surface area (Å²) < 4.78 is 24.8. The number of fused-ring (bicyclic) bond motifs is 1. The lowest BCUT2D eigenvalue weighted by molar-refractivity contribution is -0.118. The lowest BCUT2D eigenvalue weighted by atomic mass is 9.95. The highest BCUT2D eigenvalue weighted by Crippen LogP contribution is 2.38. The molecule has 0 aliphatic heterocycles.